The second-order valence-corrected chi connectivity index (χ2v) is 21.5. The van der Waals surface area contributed by atoms with Gasteiger partial charge in [-0.05, 0) is 116 Å². The summed E-state index contributed by atoms with van der Waals surface area (Å²) in [6.45, 7) is 21.6. The van der Waals surface area contributed by atoms with Crippen LogP contribution in [0.4, 0.5) is 0 Å². The highest BCUT2D eigenvalue weighted by Gasteiger charge is 2.67. The molecule has 6 heterocycles. The van der Waals surface area contributed by atoms with Crippen LogP contribution in [-0.2, 0) is 33.2 Å². The predicted octanol–water partition coefficient (Wildman–Crippen LogP) is 6.32. The molecule has 0 saturated carbocycles. The number of ether oxygens (including phenoxy) is 6. The number of carbonyl (C=O) groups is 1. The molecule has 6 aliphatic rings. The molecular weight excluding hydrogens is 773 g/mol. The monoisotopic (exact) mass is 855 g/mol. The molecule has 6 unspecified atom stereocenters. The lowest BCUT2D eigenvalue weighted by atomic mass is 9.76. The van der Waals surface area contributed by atoms with Crippen molar-refractivity contribution in [3.05, 3.63) is 0 Å². The van der Waals surface area contributed by atoms with Gasteiger partial charge in [-0.15, -0.1) is 0 Å². The van der Waals surface area contributed by atoms with Crippen molar-refractivity contribution < 1.29 is 63.9 Å². The van der Waals surface area contributed by atoms with Crippen LogP contribution in [0.3, 0.4) is 0 Å². The number of carboxylic acids is 1. The van der Waals surface area contributed by atoms with E-state index >= 15 is 0 Å². The highest BCUT2D eigenvalue weighted by Crippen LogP contribution is 2.56. The number of hydrogen-bond donors (Lipinski definition) is 6. The first-order valence-electron chi connectivity index (χ1n) is 23.7. The molecule has 0 spiro atoms. The summed E-state index contributed by atoms with van der Waals surface area (Å²) < 4.78 is 39.2. The SMILES string of the molecule is CC[C@@H]1OC([C@]2(C)C[C@@H](C)[C@](O)([C@]3(C)CCC([C@@H](O)[C@]4(O)OC(C[C@@]5(O)OC([C@@H](C)[C@@H](O)CC6CC[C@H](C)C([C@@H](C)C(=O)O)O6)CC[C@@H]5C)[C@@H](C)C[C@H]4C)O3)O2)CC[C@@H]1C. The van der Waals surface area contributed by atoms with Crippen LogP contribution in [0.1, 0.15) is 160 Å². The van der Waals surface area contributed by atoms with Crippen LogP contribution >= 0.6 is 0 Å². The summed E-state index contributed by atoms with van der Waals surface area (Å²) >= 11 is 0. The van der Waals surface area contributed by atoms with Crippen LogP contribution in [0.2, 0.25) is 0 Å². The summed E-state index contributed by atoms with van der Waals surface area (Å²) in [4.78, 5) is 11.7. The molecule has 0 bridgehead atoms. The molecular formula is C47H82O13. The quantitative estimate of drug-likeness (QED) is 0.121. The third kappa shape index (κ3) is 9.13. The van der Waals surface area contributed by atoms with E-state index in [9.17, 15) is 35.4 Å². The zero-order valence-corrected chi connectivity index (χ0v) is 38.5. The Morgan fingerprint density at radius 2 is 1.43 bits per heavy atom. The van der Waals surface area contributed by atoms with Gasteiger partial charge in [0.25, 0.3) is 0 Å². The van der Waals surface area contributed by atoms with Crippen molar-refractivity contribution in [1.29, 1.82) is 0 Å². The third-order valence-electron chi connectivity index (χ3n) is 16.9. The van der Waals surface area contributed by atoms with E-state index in [1.54, 1.807) is 6.92 Å². The second-order valence-electron chi connectivity index (χ2n) is 21.5. The fourth-order valence-corrected chi connectivity index (χ4v) is 12.3. The fraction of sp³-hybridized carbons (Fsp3) is 0.979. The molecule has 60 heavy (non-hydrogen) atoms. The van der Waals surface area contributed by atoms with Crippen LogP contribution in [0.25, 0.3) is 0 Å². The van der Waals surface area contributed by atoms with Crippen LogP contribution in [0.5, 0.6) is 0 Å². The Balaban J connectivity index is 1.09. The smallest absolute Gasteiger partial charge is 0.308 e. The van der Waals surface area contributed by atoms with Gasteiger partial charge < -0.3 is 59.1 Å². The number of carboxylic acid groups (broad SMARTS) is 1. The minimum Gasteiger partial charge on any atom is -0.481 e. The number of aliphatic hydroxyl groups excluding tert-OH is 2. The molecule has 6 N–H and O–H groups in total. The highest BCUT2D eigenvalue weighted by molar-refractivity contribution is 5.70. The highest BCUT2D eigenvalue weighted by atomic mass is 16.7. The van der Waals surface area contributed by atoms with Crippen LogP contribution in [0.15, 0.2) is 0 Å². The number of rotatable bonds is 13. The molecule has 6 saturated heterocycles. The maximum Gasteiger partial charge on any atom is 0.308 e. The summed E-state index contributed by atoms with van der Waals surface area (Å²) in [6, 6.07) is 0. The van der Waals surface area contributed by atoms with Gasteiger partial charge in [0.15, 0.2) is 17.4 Å². The standard InChI is InChI=1S/C47H82O13/c1-12-35-25(2)14-18-39(56-35)43(10)23-30(7)47(54,60-43)44(11)20-19-37(57-44)41(49)46(53)29(6)21-27(4)38(59-46)24-45(52)28(5)15-17-36(58-45)31(8)34(48)22-33-16-13-26(3)40(55-33)32(9)42(50)51/h25-41,48-49,52-54H,12-24H2,1-11H3,(H,50,51)/t25-,26-,27-,28-,29+,30+,31-,32+,33?,34-,35-,36?,37?,38?,39?,40?,41+,43-,44-,45+,46+,47+/m0/s1. The Morgan fingerprint density at radius 1 is 0.750 bits per heavy atom. The van der Waals surface area contributed by atoms with Crippen molar-refractivity contribution in [1.82, 2.24) is 0 Å². The molecule has 6 fully saturated rings. The summed E-state index contributed by atoms with van der Waals surface area (Å²) in [5.74, 6) is -7.66. The van der Waals surface area contributed by atoms with Gasteiger partial charge in [0.2, 0.25) is 0 Å². The van der Waals surface area contributed by atoms with Gasteiger partial charge in [0.05, 0.1) is 60.4 Å². The van der Waals surface area contributed by atoms with E-state index in [-0.39, 0.29) is 54.3 Å². The van der Waals surface area contributed by atoms with E-state index in [1.165, 1.54) is 0 Å². The average molecular weight is 855 g/mol. The Bertz CT molecular complexity index is 1470. The van der Waals surface area contributed by atoms with Gasteiger partial charge in [-0.25, -0.2) is 0 Å². The maximum absolute atomic E-state index is 12.4. The Hall–Kier alpha value is -0.970. The van der Waals surface area contributed by atoms with Gasteiger partial charge in [-0.2, -0.15) is 0 Å². The molecule has 22 atom stereocenters. The van der Waals surface area contributed by atoms with E-state index in [4.69, 9.17) is 28.4 Å². The van der Waals surface area contributed by atoms with E-state index in [2.05, 4.69) is 13.8 Å². The molecule has 6 aliphatic heterocycles. The van der Waals surface area contributed by atoms with Gasteiger partial charge in [-0.1, -0.05) is 55.4 Å². The van der Waals surface area contributed by atoms with Gasteiger partial charge in [0, 0.05) is 30.1 Å². The van der Waals surface area contributed by atoms with Crippen molar-refractivity contribution in [3.8, 4) is 0 Å². The Labute approximate surface area is 359 Å². The molecule has 0 aromatic rings. The third-order valence-corrected chi connectivity index (χ3v) is 16.9. The summed E-state index contributed by atoms with van der Waals surface area (Å²) in [6.07, 6.45) is 3.02. The van der Waals surface area contributed by atoms with Crippen LogP contribution in [0, 0.1) is 47.3 Å². The minimum atomic E-state index is -2.00. The predicted molar refractivity (Wildman–Crippen MR) is 223 cm³/mol. The van der Waals surface area contributed by atoms with Crippen molar-refractivity contribution in [2.24, 2.45) is 47.3 Å². The fourth-order valence-electron chi connectivity index (χ4n) is 12.3. The zero-order chi connectivity index (χ0) is 44.3. The molecule has 13 nitrogen and oxygen atoms in total. The number of hydrogen-bond acceptors (Lipinski definition) is 12. The first kappa shape index (κ1) is 48.5. The van der Waals surface area contributed by atoms with Crippen molar-refractivity contribution in [2.45, 2.75) is 243 Å². The van der Waals surface area contributed by atoms with E-state index in [1.807, 2.05) is 55.4 Å². The number of aliphatic hydroxyl groups is 5. The second kappa shape index (κ2) is 18.1. The van der Waals surface area contributed by atoms with Gasteiger partial charge in [0.1, 0.15) is 11.7 Å². The zero-order valence-electron chi connectivity index (χ0n) is 38.5. The molecule has 13 heteroatoms. The summed E-state index contributed by atoms with van der Waals surface area (Å²) in [5, 5.41) is 70.0. The Morgan fingerprint density at radius 3 is 2.10 bits per heavy atom. The molecule has 0 radical (unpaired) electrons. The van der Waals surface area contributed by atoms with Crippen molar-refractivity contribution in [2.75, 3.05) is 0 Å². The number of aliphatic carboxylic acids is 1. The van der Waals surface area contributed by atoms with Crippen molar-refractivity contribution in [3.63, 3.8) is 0 Å². The molecule has 0 aromatic heterocycles. The van der Waals surface area contributed by atoms with E-state index < -0.39 is 83.0 Å². The normalized spacial score (nSPS) is 51.2. The molecule has 348 valence electrons. The summed E-state index contributed by atoms with van der Waals surface area (Å²) in [5.41, 5.74) is -1.88. The lowest BCUT2D eigenvalue weighted by Crippen LogP contribution is -2.63. The topological polar surface area (TPSA) is 194 Å². The molecule has 6 rings (SSSR count). The molecule has 0 amide bonds. The first-order valence-corrected chi connectivity index (χ1v) is 23.7. The minimum absolute atomic E-state index is 0.0581. The first-order chi connectivity index (χ1) is 27.9. The van der Waals surface area contributed by atoms with E-state index in [0.717, 1.165) is 32.1 Å². The molecule has 0 aromatic carbocycles. The largest absolute Gasteiger partial charge is 0.481 e. The van der Waals surface area contributed by atoms with Crippen molar-refractivity contribution >= 4 is 5.97 Å². The lowest BCUT2D eigenvalue weighted by molar-refractivity contribution is -0.373. The van der Waals surface area contributed by atoms with Gasteiger partial charge in [-0.3, -0.25) is 4.79 Å². The van der Waals surface area contributed by atoms with Crippen LogP contribution < -0.4 is 0 Å². The van der Waals surface area contributed by atoms with Gasteiger partial charge >= 0.3 is 5.97 Å². The lowest BCUT2D eigenvalue weighted by Gasteiger charge is -2.52. The Kier molecular flexibility index (Phi) is 14.7. The average Bonchev–Trinajstić information content (AvgIpc) is 3.72. The maximum atomic E-state index is 12.4. The summed E-state index contributed by atoms with van der Waals surface area (Å²) in [7, 11) is 0. The van der Waals surface area contributed by atoms with Crippen LogP contribution in [-0.4, -0.2) is 120 Å². The van der Waals surface area contributed by atoms with E-state index in [0.29, 0.717) is 50.9 Å². The molecule has 0 aliphatic carbocycles.